The van der Waals surface area contributed by atoms with Gasteiger partial charge in [0.25, 0.3) is 0 Å². The summed E-state index contributed by atoms with van der Waals surface area (Å²) in [4.78, 5) is 38.2. The SMILES string of the molecule is CC/C=C\C/C=C\C/C=C\C/C=C\C/C=C\CCCCCCCCCCCC(=O)OCC(COC(=O)CCCCCCC/C=C\CCC)OC(=O)CCCCCCCCCCCCC/C=C\C/C=C\CCCCCCC. The number of ether oxygens (including phenoxy) is 3. The number of esters is 3. The van der Waals surface area contributed by atoms with E-state index in [2.05, 4.69) is 118 Å². The average Bonchev–Trinajstić information content (AvgIpc) is 3.42. The maximum Gasteiger partial charge on any atom is 0.306 e. The van der Waals surface area contributed by atoms with Gasteiger partial charge in [-0.25, -0.2) is 0 Å². The minimum Gasteiger partial charge on any atom is -0.462 e. The van der Waals surface area contributed by atoms with E-state index in [1.807, 2.05) is 0 Å². The zero-order valence-corrected chi connectivity index (χ0v) is 50.0. The van der Waals surface area contributed by atoms with Gasteiger partial charge in [0.05, 0.1) is 0 Å². The molecule has 0 rings (SSSR count). The van der Waals surface area contributed by atoms with Crippen molar-refractivity contribution in [2.24, 2.45) is 0 Å². The number of hydrogen-bond acceptors (Lipinski definition) is 6. The Balaban J connectivity index is 4.26. The van der Waals surface area contributed by atoms with Crippen molar-refractivity contribution in [3.05, 3.63) is 97.2 Å². The predicted octanol–water partition coefficient (Wildman–Crippen LogP) is 22.0. The van der Waals surface area contributed by atoms with E-state index in [4.69, 9.17) is 14.2 Å². The molecule has 0 aromatic carbocycles. The summed E-state index contributed by atoms with van der Waals surface area (Å²) in [6, 6.07) is 0. The summed E-state index contributed by atoms with van der Waals surface area (Å²) in [5, 5.41) is 0. The van der Waals surface area contributed by atoms with E-state index >= 15 is 0 Å². The van der Waals surface area contributed by atoms with Crippen LogP contribution in [-0.2, 0) is 28.6 Å². The number of unbranched alkanes of at least 4 members (excludes halogenated alkanes) is 31. The Morgan fingerprint density at radius 1 is 0.276 bits per heavy atom. The lowest BCUT2D eigenvalue weighted by Gasteiger charge is -2.18. The fraction of sp³-hybridized carbons (Fsp3) is 0.729. The van der Waals surface area contributed by atoms with Crippen molar-refractivity contribution in [2.75, 3.05) is 13.2 Å². The Hall–Kier alpha value is -3.67. The van der Waals surface area contributed by atoms with Gasteiger partial charge < -0.3 is 14.2 Å². The summed E-state index contributed by atoms with van der Waals surface area (Å²) in [7, 11) is 0. The molecule has 1 atom stereocenters. The van der Waals surface area contributed by atoms with Gasteiger partial charge in [-0.2, -0.15) is 0 Å². The fourth-order valence-corrected chi connectivity index (χ4v) is 8.97. The molecular weight excluding hydrogens is 937 g/mol. The van der Waals surface area contributed by atoms with Crippen molar-refractivity contribution in [3.63, 3.8) is 0 Å². The summed E-state index contributed by atoms with van der Waals surface area (Å²) in [6.45, 7) is 6.46. The lowest BCUT2D eigenvalue weighted by Crippen LogP contribution is -2.30. The Labute approximate surface area is 470 Å². The normalized spacial score (nSPS) is 12.7. The Morgan fingerprint density at radius 3 is 0.868 bits per heavy atom. The highest BCUT2D eigenvalue weighted by Gasteiger charge is 2.19. The molecule has 0 aliphatic rings. The Bertz CT molecular complexity index is 1490. The second-order valence-electron chi connectivity index (χ2n) is 21.3. The van der Waals surface area contributed by atoms with E-state index in [9.17, 15) is 14.4 Å². The van der Waals surface area contributed by atoms with E-state index in [1.54, 1.807) is 0 Å². The van der Waals surface area contributed by atoms with Gasteiger partial charge in [0.1, 0.15) is 13.2 Å². The van der Waals surface area contributed by atoms with Gasteiger partial charge in [0, 0.05) is 19.3 Å². The molecule has 0 fully saturated rings. The zero-order chi connectivity index (χ0) is 55.0. The number of allylic oxidation sites excluding steroid dienone is 16. The first-order valence-electron chi connectivity index (χ1n) is 32.2. The van der Waals surface area contributed by atoms with Gasteiger partial charge in [-0.05, 0) is 116 Å². The van der Waals surface area contributed by atoms with E-state index in [1.165, 1.54) is 154 Å². The first kappa shape index (κ1) is 72.3. The van der Waals surface area contributed by atoms with Crippen LogP contribution in [0, 0.1) is 0 Å². The molecule has 1 unspecified atom stereocenters. The van der Waals surface area contributed by atoms with Gasteiger partial charge in [-0.3, -0.25) is 14.4 Å². The van der Waals surface area contributed by atoms with E-state index in [-0.39, 0.29) is 31.1 Å². The highest BCUT2D eigenvalue weighted by molar-refractivity contribution is 5.71. The second-order valence-corrected chi connectivity index (χ2v) is 21.3. The van der Waals surface area contributed by atoms with E-state index in [0.29, 0.717) is 19.3 Å². The van der Waals surface area contributed by atoms with Crippen molar-refractivity contribution in [1.29, 1.82) is 0 Å². The third-order valence-electron chi connectivity index (χ3n) is 13.8. The van der Waals surface area contributed by atoms with Crippen molar-refractivity contribution >= 4 is 17.9 Å². The minimum atomic E-state index is -0.785. The molecule has 0 heterocycles. The standard InChI is InChI=1S/C70H120O6/c1-4-7-10-13-16-19-22-24-26-28-30-32-34-35-37-38-40-42-44-46-48-51-54-57-60-63-69(72)75-66-67(65-74-68(71)62-59-56-53-50-21-18-15-12-9-6-3)76-70(73)64-61-58-55-52-49-47-45-43-41-39-36-33-31-29-27-25-23-20-17-14-11-8-5-2/h7,10,12,15-16,19,23-26,29-32,35,37,67H,4-6,8-9,11,13-14,17-18,20-22,27-28,33-34,36,38-66H2,1-3H3/b10-7-,15-12-,19-16-,25-23-,26-24-,31-29-,32-30-,37-35-. The van der Waals surface area contributed by atoms with Gasteiger partial charge in [0.15, 0.2) is 6.10 Å². The van der Waals surface area contributed by atoms with Crippen LogP contribution in [0.3, 0.4) is 0 Å². The highest BCUT2D eigenvalue weighted by atomic mass is 16.6. The molecule has 6 nitrogen and oxygen atoms in total. The maximum atomic E-state index is 12.9. The third-order valence-corrected chi connectivity index (χ3v) is 13.8. The molecule has 0 radical (unpaired) electrons. The van der Waals surface area contributed by atoms with Crippen LogP contribution in [0.5, 0.6) is 0 Å². The molecular formula is C70H120O6. The molecule has 0 saturated carbocycles. The van der Waals surface area contributed by atoms with Gasteiger partial charge in [-0.1, -0.05) is 272 Å². The van der Waals surface area contributed by atoms with E-state index < -0.39 is 6.10 Å². The second kappa shape index (κ2) is 63.9. The molecule has 0 aliphatic carbocycles. The topological polar surface area (TPSA) is 78.9 Å². The summed E-state index contributed by atoms with van der Waals surface area (Å²) >= 11 is 0. The van der Waals surface area contributed by atoms with Gasteiger partial charge in [-0.15, -0.1) is 0 Å². The van der Waals surface area contributed by atoms with Crippen LogP contribution in [-0.4, -0.2) is 37.2 Å². The third kappa shape index (κ3) is 61.2. The Morgan fingerprint density at radius 2 is 0.539 bits per heavy atom. The van der Waals surface area contributed by atoms with Gasteiger partial charge in [0.2, 0.25) is 0 Å². The molecule has 0 N–H and O–H groups in total. The molecule has 6 heteroatoms. The van der Waals surface area contributed by atoms with Crippen LogP contribution in [0.1, 0.15) is 310 Å². The molecule has 436 valence electrons. The number of carbonyl (C=O) groups excluding carboxylic acids is 3. The molecule has 0 spiro atoms. The van der Waals surface area contributed by atoms with Crippen molar-refractivity contribution < 1.29 is 28.6 Å². The van der Waals surface area contributed by atoms with Crippen LogP contribution in [0.15, 0.2) is 97.2 Å². The predicted molar refractivity (Wildman–Crippen MR) is 330 cm³/mol. The lowest BCUT2D eigenvalue weighted by atomic mass is 10.0. The lowest BCUT2D eigenvalue weighted by molar-refractivity contribution is -0.167. The quantitative estimate of drug-likeness (QED) is 0.0261. The number of hydrogen-bond donors (Lipinski definition) is 0. The van der Waals surface area contributed by atoms with Crippen molar-refractivity contribution in [1.82, 2.24) is 0 Å². The molecule has 0 aromatic rings. The molecule has 0 amide bonds. The zero-order valence-electron chi connectivity index (χ0n) is 50.0. The van der Waals surface area contributed by atoms with Crippen LogP contribution in [0.2, 0.25) is 0 Å². The highest BCUT2D eigenvalue weighted by Crippen LogP contribution is 2.16. The molecule has 76 heavy (non-hydrogen) atoms. The average molecular weight is 1060 g/mol. The molecule has 0 aliphatic heterocycles. The minimum absolute atomic E-state index is 0.0834. The van der Waals surface area contributed by atoms with E-state index in [0.717, 1.165) is 116 Å². The van der Waals surface area contributed by atoms with Crippen LogP contribution in [0.25, 0.3) is 0 Å². The molecule has 0 bridgehead atoms. The first-order valence-corrected chi connectivity index (χ1v) is 32.2. The van der Waals surface area contributed by atoms with Crippen molar-refractivity contribution in [3.8, 4) is 0 Å². The van der Waals surface area contributed by atoms with Crippen LogP contribution < -0.4 is 0 Å². The number of rotatable bonds is 58. The monoisotopic (exact) mass is 1060 g/mol. The van der Waals surface area contributed by atoms with Gasteiger partial charge >= 0.3 is 17.9 Å². The summed E-state index contributed by atoms with van der Waals surface area (Å²) in [5.41, 5.74) is 0. The molecule has 0 aromatic heterocycles. The van der Waals surface area contributed by atoms with Crippen molar-refractivity contribution in [2.45, 2.75) is 316 Å². The smallest absolute Gasteiger partial charge is 0.306 e. The fourth-order valence-electron chi connectivity index (χ4n) is 8.97. The summed E-state index contributed by atoms with van der Waals surface area (Å²) in [6.07, 6.45) is 85.6. The summed E-state index contributed by atoms with van der Waals surface area (Å²) in [5.74, 6) is -0.893. The Kier molecular flexibility index (Phi) is 60.8. The first-order chi connectivity index (χ1) is 37.5. The summed E-state index contributed by atoms with van der Waals surface area (Å²) < 4.78 is 16.9. The maximum absolute atomic E-state index is 12.9. The van der Waals surface area contributed by atoms with Crippen LogP contribution in [0.4, 0.5) is 0 Å². The number of carbonyl (C=O) groups is 3. The largest absolute Gasteiger partial charge is 0.462 e. The van der Waals surface area contributed by atoms with Crippen LogP contribution >= 0.6 is 0 Å². The molecule has 0 saturated heterocycles.